The van der Waals surface area contributed by atoms with Crippen LogP contribution in [0, 0.1) is 0 Å². The zero-order valence-electron chi connectivity index (χ0n) is 11.3. The molecule has 1 aromatic rings. The van der Waals surface area contributed by atoms with Gasteiger partial charge in [-0.3, -0.25) is 4.79 Å². The lowest BCUT2D eigenvalue weighted by atomic mass is 10.1. The molecule has 0 unspecified atom stereocenters. The smallest absolute Gasteiger partial charge is 0.337 e. The lowest BCUT2D eigenvalue weighted by Gasteiger charge is -2.19. The first-order valence-electron chi connectivity index (χ1n) is 6.36. The Kier molecular flexibility index (Phi) is 5.36. The van der Waals surface area contributed by atoms with Gasteiger partial charge < -0.3 is 15.7 Å². The van der Waals surface area contributed by atoms with Gasteiger partial charge in [-0.2, -0.15) is 0 Å². The number of nitrogen functional groups attached to an aromatic ring is 1. The highest BCUT2D eigenvalue weighted by molar-refractivity contribution is 6.02. The van der Waals surface area contributed by atoms with E-state index < -0.39 is 5.97 Å². The fourth-order valence-electron chi connectivity index (χ4n) is 1.85. The lowest BCUT2D eigenvalue weighted by Crippen LogP contribution is -2.27. The molecule has 5 heteroatoms. The largest absolute Gasteiger partial charge is 0.478 e. The normalized spacial score (nSPS) is 10.2. The highest BCUT2D eigenvalue weighted by Crippen LogP contribution is 2.23. The minimum absolute atomic E-state index is 0.0475. The molecule has 3 N–H and O–H groups in total. The number of nitrogens with zero attached hydrogens (tertiary/aromatic N) is 1. The number of carbonyl (C=O) groups is 2. The van der Waals surface area contributed by atoms with Gasteiger partial charge in [0.2, 0.25) is 5.91 Å². The molecule has 1 rings (SSSR count). The van der Waals surface area contributed by atoms with Crippen molar-refractivity contribution in [3.63, 3.8) is 0 Å². The number of carbonyl (C=O) groups excluding carboxylic acids is 1. The van der Waals surface area contributed by atoms with E-state index in [0.29, 0.717) is 17.8 Å². The molecule has 0 radical (unpaired) electrons. The molecule has 0 saturated carbocycles. The van der Waals surface area contributed by atoms with Gasteiger partial charge in [-0.15, -0.1) is 0 Å². The summed E-state index contributed by atoms with van der Waals surface area (Å²) >= 11 is 0. The van der Waals surface area contributed by atoms with Crippen LogP contribution in [-0.4, -0.2) is 24.0 Å². The molecule has 0 bridgehead atoms. The van der Waals surface area contributed by atoms with Gasteiger partial charge in [0.25, 0.3) is 0 Å². The topological polar surface area (TPSA) is 83.6 Å². The predicted molar refractivity (Wildman–Crippen MR) is 75.4 cm³/mol. The first-order chi connectivity index (χ1) is 8.97. The summed E-state index contributed by atoms with van der Waals surface area (Å²) in [5.74, 6) is -1.17. The van der Waals surface area contributed by atoms with Crippen LogP contribution in [0.5, 0.6) is 0 Å². The molecule has 0 fully saturated rings. The van der Waals surface area contributed by atoms with Crippen molar-refractivity contribution in [2.45, 2.75) is 32.6 Å². The van der Waals surface area contributed by atoms with Crippen molar-refractivity contribution in [2.75, 3.05) is 17.7 Å². The minimum Gasteiger partial charge on any atom is -0.478 e. The Bertz CT molecular complexity index is 472. The number of carboxylic acid groups (broad SMARTS) is 1. The molecule has 0 atom stereocenters. The Morgan fingerprint density at radius 1 is 1.32 bits per heavy atom. The molecule has 1 amide bonds. The number of unbranched alkanes of at least 4 members (excludes halogenated alkanes) is 2. The summed E-state index contributed by atoms with van der Waals surface area (Å²) in [5.41, 5.74) is 6.37. The van der Waals surface area contributed by atoms with E-state index in [4.69, 9.17) is 10.8 Å². The van der Waals surface area contributed by atoms with Crippen LogP contribution in [0.25, 0.3) is 0 Å². The summed E-state index contributed by atoms with van der Waals surface area (Å²) in [4.78, 5) is 24.5. The van der Waals surface area contributed by atoms with Crippen LogP contribution >= 0.6 is 0 Å². The summed E-state index contributed by atoms with van der Waals surface area (Å²) in [6.45, 7) is 2.07. The summed E-state index contributed by atoms with van der Waals surface area (Å²) in [7, 11) is 1.59. The Hall–Kier alpha value is -2.04. The van der Waals surface area contributed by atoms with Crippen molar-refractivity contribution in [3.05, 3.63) is 23.8 Å². The number of amides is 1. The highest BCUT2D eigenvalue weighted by atomic mass is 16.4. The van der Waals surface area contributed by atoms with Crippen LogP contribution in [0.2, 0.25) is 0 Å². The first-order valence-corrected chi connectivity index (χ1v) is 6.36. The average Bonchev–Trinajstić information content (AvgIpc) is 2.38. The van der Waals surface area contributed by atoms with Gasteiger partial charge in [-0.1, -0.05) is 19.8 Å². The zero-order chi connectivity index (χ0) is 14.4. The monoisotopic (exact) mass is 264 g/mol. The van der Waals surface area contributed by atoms with Crippen LogP contribution in [0.4, 0.5) is 11.4 Å². The number of benzene rings is 1. The second kappa shape index (κ2) is 6.78. The highest BCUT2D eigenvalue weighted by Gasteiger charge is 2.18. The second-order valence-electron chi connectivity index (χ2n) is 4.49. The maximum atomic E-state index is 12.0. The van der Waals surface area contributed by atoms with Crippen LogP contribution < -0.4 is 10.6 Å². The average molecular weight is 264 g/mol. The van der Waals surface area contributed by atoms with Gasteiger partial charge in [0, 0.05) is 19.2 Å². The summed E-state index contributed by atoms with van der Waals surface area (Å²) < 4.78 is 0. The summed E-state index contributed by atoms with van der Waals surface area (Å²) in [6.07, 6.45) is 3.27. The molecule has 0 aliphatic carbocycles. The van der Waals surface area contributed by atoms with Gasteiger partial charge in [0.15, 0.2) is 0 Å². The number of anilines is 2. The molecule has 19 heavy (non-hydrogen) atoms. The van der Waals surface area contributed by atoms with E-state index >= 15 is 0 Å². The van der Waals surface area contributed by atoms with E-state index in [2.05, 4.69) is 6.92 Å². The third-order valence-corrected chi connectivity index (χ3v) is 2.98. The lowest BCUT2D eigenvalue weighted by molar-refractivity contribution is -0.118. The molecule has 0 aromatic heterocycles. The Labute approximate surface area is 113 Å². The molecular formula is C14H20N2O3. The standard InChI is InChI=1S/C14H20N2O3/c1-3-4-5-6-13(17)16(2)12-8-7-10(15)9-11(12)14(18)19/h7-9H,3-6,15H2,1-2H3,(H,18,19). The molecule has 0 aliphatic heterocycles. The van der Waals surface area contributed by atoms with E-state index in [1.54, 1.807) is 19.2 Å². The van der Waals surface area contributed by atoms with Crippen molar-refractivity contribution in [3.8, 4) is 0 Å². The summed E-state index contributed by atoms with van der Waals surface area (Å²) in [6, 6.07) is 4.53. The minimum atomic E-state index is -1.09. The Morgan fingerprint density at radius 3 is 2.58 bits per heavy atom. The molecule has 0 heterocycles. The van der Waals surface area contributed by atoms with Crippen molar-refractivity contribution in [2.24, 2.45) is 0 Å². The molecular weight excluding hydrogens is 244 g/mol. The van der Waals surface area contributed by atoms with E-state index in [0.717, 1.165) is 19.3 Å². The van der Waals surface area contributed by atoms with Crippen molar-refractivity contribution in [1.29, 1.82) is 0 Å². The zero-order valence-corrected chi connectivity index (χ0v) is 11.3. The maximum Gasteiger partial charge on any atom is 0.337 e. The fourth-order valence-corrected chi connectivity index (χ4v) is 1.85. The van der Waals surface area contributed by atoms with E-state index in [-0.39, 0.29) is 11.5 Å². The van der Waals surface area contributed by atoms with Crippen LogP contribution in [-0.2, 0) is 4.79 Å². The predicted octanol–water partition coefficient (Wildman–Crippen LogP) is 2.51. The van der Waals surface area contributed by atoms with Crippen LogP contribution in [0.3, 0.4) is 0 Å². The van der Waals surface area contributed by atoms with E-state index in [1.807, 2.05) is 0 Å². The SMILES string of the molecule is CCCCCC(=O)N(C)c1ccc(N)cc1C(=O)O. The molecule has 5 nitrogen and oxygen atoms in total. The number of carboxylic acids is 1. The third-order valence-electron chi connectivity index (χ3n) is 2.98. The van der Waals surface area contributed by atoms with Crippen molar-refractivity contribution < 1.29 is 14.7 Å². The molecule has 0 spiro atoms. The Morgan fingerprint density at radius 2 is 2.00 bits per heavy atom. The molecule has 104 valence electrons. The van der Waals surface area contributed by atoms with Gasteiger partial charge in [-0.05, 0) is 24.6 Å². The number of hydrogen-bond acceptors (Lipinski definition) is 3. The quantitative estimate of drug-likeness (QED) is 0.610. The van der Waals surface area contributed by atoms with Gasteiger partial charge >= 0.3 is 5.97 Å². The van der Waals surface area contributed by atoms with Gasteiger partial charge in [-0.25, -0.2) is 4.79 Å². The number of aromatic carboxylic acids is 1. The van der Waals surface area contributed by atoms with Gasteiger partial charge in [0.05, 0.1) is 11.3 Å². The number of hydrogen-bond donors (Lipinski definition) is 2. The van der Waals surface area contributed by atoms with Crippen molar-refractivity contribution >= 4 is 23.3 Å². The fraction of sp³-hybridized carbons (Fsp3) is 0.429. The molecule has 0 aliphatic rings. The maximum absolute atomic E-state index is 12.0. The molecule has 1 aromatic carbocycles. The second-order valence-corrected chi connectivity index (χ2v) is 4.49. The van der Waals surface area contributed by atoms with E-state index in [1.165, 1.54) is 11.0 Å². The van der Waals surface area contributed by atoms with Crippen molar-refractivity contribution in [1.82, 2.24) is 0 Å². The summed E-state index contributed by atoms with van der Waals surface area (Å²) in [5, 5.41) is 9.14. The number of nitrogens with two attached hydrogens (primary N) is 1. The number of rotatable bonds is 6. The third kappa shape index (κ3) is 3.98. The molecule has 0 saturated heterocycles. The van der Waals surface area contributed by atoms with E-state index in [9.17, 15) is 9.59 Å². The first kappa shape index (κ1) is 15.0. The van der Waals surface area contributed by atoms with Gasteiger partial charge in [0.1, 0.15) is 0 Å². The van der Waals surface area contributed by atoms with Crippen LogP contribution in [0.1, 0.15) is 43.0 Å². The Balaban J connectivity index is 2.89. The van der Waals surface area contributed by atoms with Crippen LogP contribution in [0.15, 0.2) is 18.2 Å².